The summed E-state index contributed by atoms with van der Waals surface area (Å²) in [5, 5.41) is 30.3. The van der Waals surface area contributed by atoms with Gasteiger partial charge in [0.2, 0.25) is 0 Å². The number of rotatable bonds is 4. The largest absolute Gasteiger partial charge is 0.508 e. The maximum absolute atomic E-state index is 11.6. The molecule has 1 atom stereocenters. The average Bonchev–Trinajstić information content (AvgIpc) is 2.30. The topological polar surface area (TPSA) is 116 Å². The van der Waals surface area contributed by atoms with Gasteiger partial charge in [0.15, 0.2) is 0 Å². The second-order valence-electron chi connectivity index (χ2n) is 5.55. The van der Waals surface area contributed by atoms with Crippen molar-refractivity contribution in [1.29, 1.82) is 0 Å². The zero-order valence-corrected chi connectivity index (χ0v) is 12.1. The maximum atomic E-state index is 11.6. The van der Waals surface area contributed by atoms with E-state index >= 15 is 0 Å². The number of hydrogen-bond acceptors (Lipinski definition) is 5. The van der Waals surface area contributed by atoms with E-state index in [0.29, 0.717) is 0 Å². The Bertz CT molecular complexity index is 535. The lowest BCUT2D eigenvalue weighted by Gasteiger charge is -2.22. The van der Waals surface area contributed by atoms with Crippen LogP contribution in [0.1, 0.15) is 26.3 Å². The van der Waals surface area contributed by atoms with E-state index in [9.17, 15) is 19.8 Å². The Labute approximate surface area is 122 Å². The van der Waals surface area contributed by atoms with Crippen LogP contribution in [0.2, 0.25) is 0 Å². The van der Waals surface area contributed by atoms with Gasteiger partial charge in [-0.05, 0) is 39.0 Å². The second-order valence-corrected chi connectivity index (χ2v) is 5.55. The Hall–Kier alpha value is -2.44. The predicted molar refractivity (Wildman–Crippen MR) is 74.3 cm³/mol. The number of carboxylic acid groups (broad SMARTS) is 1. The fourth-order valence-electron chi connectivity index (χ4n) is 1.61. The van der Waals surface area contributed by atoms with Crippen LogP contribution in [0, 0.1) is 0 Å². The third-order valence-corrected chi connectivity index (χ3v) is 2.48. The fraction of sp³-hybridized carbons (Fsp3) is 0.429. The molecule has 0 aliphatic rings. The Morgan fingerprint density at radius 3 is 2.43 bits per heavy atom. The third kappa shape index (κ3) is 5.60. The molecule has 21 heavy (non-hydrogen) atoms. The molecule has 0 aliphatic heterocycles. The van der Waals surface area contributed by atoms with Crippen molar-refractivity contribution in [3.63, 3.8) is 0 Å². The summed E-state index contributed by atoms with van der Waals surface area (Å²) in [6, 6.07) is 2.47. The molecular formula is C14H19NO6. The maximum Gasteiger partial charge on any atom is 0.408 e. The summed E-state index contributed by atoms with van der Waals surface area (Å²) in [4.78, 5) is 22.8. The van der Waals surface area contributed by atoms with Crippen LogP contribution in [-0.4, -0.2) is 39.0 Å². The van der Waals surface area contributed by atoms with Gasteiger partial charge in [0, 0.05) is 12.0 Å². The molecule has 7 nitrogen and oxygen atoms in total. The Kier molecular flexibility index (Phi) is 5.02. The first kappa shape index (κ1) is 16.6. The molecule has 1 amide bonds. The minimum atomic E-state index is -1.28. The quantitative estimate of drug-likeness (QED) is 0.627. The molecule has 0 saturated carbocycles. The van der Waals surface area contributed by atoms with Gasteiger partial charge in [-0.2, -0.15) is 0 Å². The molecule has 1 aromatic carbocycles. The summed E-state index contributed by atoms with van der Waals surface area (Å²) in [5.41, 5.74) is -0.543. The Morgan fingerprint density at radius 1 is 1.29 bits per heavy atom. The normalized spacial score (nSPS) is 12.5. The highest BCUT2D eigenvalue weighted by Crippen LogP contribution is 2.23. The van der Waals surface area contributed by atoms with Gasteiger partial charge >= 0.3 is 12.1 Å². The molecule has 1 unspecified atom stereocenters. The summed E-state index contributed by atoms with van der Waals surface area (Å²) in [6.07, 6.45) is -1.05. The molecule has 7 heteroatoms. The molecule has 4 N–H and O–H groups in total. The minimum absolute atomic E-state index is 0.107. The zero-order valence-electron chi connectivity index (χ0n) is 12.1. The number of aromatic hydroxyl groups is 2. The van der Waals surface area contributed by atoms with E-state index in [1.807, 2.05) is 0 Å². The van der Waals surface area contributed by atoms with Crippen molar-refractivity contribution in [2.45, 2.75) is 38.8 Å². The first-order valence-corrected chi connectivity index (χ1v) is 6.31. The van der Waals surface area contributed by atoms with E-state index in [0.717, 1.165) is 0 Å². The number of ether oxygens (including phenoxy) is 1. The van der Waals surface area contributed by atoms with Gasteiger partial charge in [-0.25, -0.2) is 9.59 Å². The summed E-state index contributed by atoms with van der Waals surface area (Å²) >= 11 is 0. The van der Waals surface area contributed by atoms with Crippen molar-refractivity contribution < 1.29 is 29.6 Å². The molecule has 0 aromatic heterocycles. The SMILES string of the molecule is CC(C)(C)OC(=O)NC(Cc1cc(O)ccc1O)C(=O)O. The van der Waals surface area contributed by atoms with Crippen molar-refractivity contribution in [3.05, 3.63) is 23.8 Å². The van der Waals surface area contributed by atoms with Gasteiger partial charge in [-0.1, -0.05) is 0 Å². The van der Waals surface area contributed by atoms with Crippen LogP contribution >= 0.6 is 0 Å². The fourth-order valence-corrected chi connectivity index (χ4v) is 1.61. The summed E-state index contributed by atoms with van der Waals surface area (Å²) in [5.74, 6) is -1.54. The lowest BCUT2D eigenvalue weighted by molar-refractivity contribution is -0.139. The van der Waals surface area contributed by atoms with Crippen molar-refractivity contribution in [1.82, 2.24) is 5.32 Å². The van der Waals surface area contributed by atoms with Crippen molar-refractivity contribution in [3.8, 4) is 11.5 Å². The first-order chi connectivity index (χ1) is 9.58. The van der Waals surface area contributed by atoms with Crippen LogP contribution in [0.25, 0.3) is 0 Å². The molecular weight excluding hydrogens is 278 g/mol. The second kappa shape index (κ2) is 6.34. The number of alkyl carbamates (subject to hydrolysis) is 1. The molecule has 116 valence electrons. The highest BCUT2D eigenvalue weighted by molar-refractivity contribution is 5.80. The van der Waals surface area contributed by atoms with Crippen LogP contribution in [-0.2, 0) is 16.0 Å². The molecule has 1 aromatic rings. The van der Waals surface area contributed by atoms with Crippen LogP contribution in [0.5, 0.6) is 11.5 Å². The van der Waals surface area contributed by atoms with Crippen molar-refractivity contribution in [2.75, 3.05) is 0 Å². The van der Waals surface area contributed by atoms with E-state index < -0.39 is 23.7 Å². The molecule has 0 spiro atoms. The van der Waals surface area contributed by atoms with Gasteiger partial charge in [-0.3, -0.25) is 0 Å². The number of benzene rings is 1. The van der Waals surface area contributed by atoms with Crippen LogP contribution in [0.3, 0.4) is 0 Å². The predicted octanol–water partition coefficient (Wildman–Crippen LogP) is 1.62. The monoisotopic (exact) mass is 297 g/mol. The number of phenolic OH excluding ortho intramolecular Hbond substituents is 2. The summed E-state index contributed by atoms with van der Waals surface area (Å²) in [6.45, 7) is 4.97. The number of amides is 1. The number of nitrogens with one attached hydrogen (secondary N) is 1. The van der Waals surface area contributed by atoms with E-state index in [1.165, 1.54) is 18.2 Å². The van der Waals surface area contributed by atoms with Crippen LogP contribution in [0.4, 0.5) is 4.79 Å². The van der Waals surface area contributed by atoms with Gasteiger partial charge in [0.25, 0.3) is 0 Å². The molecule has 1 rings (SSSR count). The number of carbonyl (C=O) groups is 2. The van der Waals surface area contributed by atoms with E-state index in [-0.39, 0.29) is 23.5 Å². The number of carboxylic acids is 1. The van der Waals surface area contributed by atoms with Crippen molar-refractivity contribution >= 4 is 12.1 Å². The van der Waals surface area contributed by atoms with Crippen LogP contribution < -0.4 is 5.32 Å². The smallest absolute Gasteiger partial charge is 0.408 e. The summed E-state index contributed by atoms with van der Waals surface area (Å²) in [7, 11) is 0. The summed E-state index contributed by atoms with van der Waals surface area (Å²) < 4.78 is 4.98. The molecule has 0 saturated heterocycles. The molecule has 0 fully saturated rings. The third-order valence-electron chi connectivity index (χ3n) is 2.48. The standard InChI is InChI=1S/C14H19NO6/c1-14(2,3)21-13(20)15-10(12(18)19)7-8-6-9(16)4-5-11(8)17/h4-6,10,16-17H,7H2,1-3H3,(H,15,20)(H,18,19). The Balaban J connectivity index is 2.81. The Morgan fingerprint density at radius 2 is 1.90 bits per heavy atom. The van der Waals surface area contributed by atoms with Crippen molar-refractivity contribution in [2.24, 2.45) is 0 Å². The average molecular weight is 297 g/mol. The molecule has 0 radical (unpaired) electrons. The number of carbonyl (C=O) groups excluding carboxylic acids is 1. The number of aliphatic carboxylic acids is 1. The van der Waals surface area contributed by atoms with Gasteiger partial charge in [-0.15, -0.1) is 0 Å². The van der Waals surface area contributed by atoms with E-state index in [4.69, 9.17) is 9.84 Å². The highest BCUT2D eigenvalue weighted by Gasteiger charge is 2.25. The zero-order chi connectivity index (χ0) is 16.2. The highest BCUT2D eigenvalue weighted by atomic mass is 16.6. The lowest BCUT2D eigenvalue weighted by Crippen LogP contribution is -2.44. The molecule has 0 heterocycles. The number of hydrogen-bond donors (Lipinski definition) is 4. The minimum Gasteiger partial charge on any atom is -0.508 e. The van der Waals surface area contributed by atoms with Gasteiger partial charge in [0.05, 0.1) is 0 Å². The number of phenols is 2. The molecule has 0 bridgehead atoms. The van der Waals surface area contributed by atoms with Gasteiger partial charge < -0.3 is 25.4 Å². The lowest BCUT2D eigenvalue weighted by atomic mass is 10.0. The first-order valence-electron chi connectivity index (χ1n) is 6.31. The van der Waals surface area contributed by atoms with E-state index in [2.05, 4.69) is 5.32 Å². The van der Waals surface area contributed by atoms with E-state index in [1.54, 1.807) is 20.8 Å². The van der Waals surface area contributed by atoms with Crippen LogP contribution in [0.15, 0.2) is 18.2 Å². The molecule has 0 aliphatic carbocycles. The van der Waals surface area contributed by atoms with Gasteiger partial charge in [0.1, 0.15) is 23.1 Å².